The Hall–Kier alpha value is -1.18. The van der Waals surface area contributed by atoms with Crippen LogP contribution in [0, 0.1) is 3.95 Å². The molecule has 2 rings (SSSR count). The van der Waals surface area contributed by atoms with Crippen molar-refractivity contribution in [3.63, 3.8) is 0 Å². The van der Waals surface area contributed by atoms with Gasteiger partial charge in [-0.15, -0.1) is 11.3 Å². The van der Waals surface area contributed by atoms with Gasteiger partial charge in [-0.2, -0.15) is 0 Å². The van der Waals surface area contributed by atoms with Gasteiger partial charge in [0.25, 0.3) is 0 Å². The summed E-state index contributed by atoms with van der Waals surface area (Å²) in [5.41, 5.74) is 1.25. The molecule has 110 valence electrons. The van der Waals surface area contributed by atoms with Crippen molar-refractivity contribution in [2.45, 2.75) is 32.2 Å². The molecule has 2 N–H and O–H groups in total. The summed E-state index contributed by atoms with van der Waals surface area (Å²) in [6.45, 7) is 1.87. The lowest BCUT2D eigenvalue weighted by Crippen LogP contribution is -2.06. The molecule has 0 aliphatic carbocycles. The highest BCUT2D eigenvalue weighted by atomic mass is 32.1. The third kappa shape index (κ3) is 3.91. The second-order valence-electron chi connectivity index (χ2n) is 4.62. The zero-order chi connectivity index (χ0) is 14.5. The van der Waals surface area contributed by atoms with Crippen LogP contribution < -0.4 is 0 Å². The minimum Gasteiger partial charge on any atom is -0.493 e. The molecule has 0 aromatic carbocycles. The van der Waals surface area contributed by atoms with Gasteiger partial charge in [-0.1, -0.05) is 5.57 Å². The molecule has 1 aromatic heterocycles. The lowest BCUT2D eigenvalue weighted by molar-refractivity contribution is -0.137. The molecule has 1 aliphatic heterocycles. The predicted molar refractivity (Wildman–Crippen MR) is 79.7 cm³/mol. The predicted octanol–water partition coefficient (Wildman–Crippen LogP) is 3.04. The molecule has 0 bridgehead atoms. The van der Waals surface area contributed by atoms with E-state index < -0.39 is 5.97 Å². The molecule has 0 amide bonds. The van der Waals surface area contributed by atoms with Crippen LogP contribution in [0.1, 0.15) is 30.6 Å². The standard InChI is InChI=1S/C13H17NO4S2/c15-11(16)2-1-5-14-12(17)10(20-13(14)19)8-9-3-6-18-7-4-9/h8,17H,1-7H2,(H,15,16). The average molecular weight is 315 g/mol. The van der Waals surface area contributed by atoms with Gasteiger partial charge in [0.2, 0.25) is 5.88 Å². The van der Waals surface area contributed by atoms with Gasteiger partial charge in [0, 0.05) is 13.0 Å². The molecular weight excluding hydrogens is 298 g/mol. The topological polar surface area (TPSA) is 71.7 Å². The monoisotopic (exact) mass is 315 g/mol. The van der Waals surface area contributed by atoms with E-state index in [-0.39, 0.29) is 12.3 Å². The number of carboxylic acid groups (broad SMARTS) is 1. The van der Waals surface area contributed by atoms with Crippen LogP contribution >= 0.6 is 23.6 Å². The van der Waals surface area contributed by atoms with E-state index in [1.54, 1.807) is 4.57 Å². The van der Waals surface area contributed by atoms with E-state index in [0.29, 0.717) is 16.9 Å². The zero-order valence-electron chi connectivity index (χ0n) is 11.0. The molecule has 2 heterocycles. The molecule has 1 aromatic rings. The number of nitrogens with zero attached hydrogens (tertiary/aromatic N) is 1. The summed E-state index contributed by atoms with van der Waals surface area (Å²) in [5, 5.41) is 18.8. The highest BCUT2D eigenvalue weighted by Gasteiger charge is 2.13. The normalized spacial score (nSPS) is 15.3. The Morgan fingerprint density at radius 2 is 2.15 bits per heavy atom. The van der Waals surface area contributed by atoms with Crippen LogP contribution in [0.2, 0.25) is 0 Å². The first kappa shape index (κ1) is 15.2. The second-order valence-corrected chi connectivity index (χ2v) is 6.30. The highest BCUT2D eigenvalue weighted by Crippen LogP contribution is 2.30. The fourth-order valence-corrected chi connectivity index (χ4v) is 3.41. The van der Waals surface area contributed by atoms with E-state index in [1.807, 2.05) is 6.08 Å². The van der Waals surface area contributed by atoms with E-state index >= 15 is 0 Å². The van der Waals surface area contributed by atoms with Crippen LogP contribution in [-0.4, -0.2) is 34.0 Å². The van der Waals surface area contributed by atoms with E-state index in [2.05, 4.69) is 0 Å². The fraction of sp³-hybridized carbons (Fsp3) is 0.538. The van der Waals surface area contributed by atoms with Crippen LogP contribution in [-0.2, 0) is 16.1 Å². The summed E-state index contributed by atoms with van der Waals surface area (Å²) in [6, 6.07) is 0. The van der Waals surface area contributed by atoms with Crippen LogP contribution in [0.3, 0.4) is 0 Å². The number of carbonyl (C=O) groups is 1. The number of aliphatic carboxylic acids is 1. The maximum absolute atomic E-state index is 10.5. The third-order valence-corrected chi connectivity index (χ3v) is 4.52. The van der Waals surface area contributed by atoms with Gasteiger partial charge in [-0.05, 0) is 37.6 Å². The molecule has 1 fully saturated rings. The molecular formula is C13H17NO4S2. The van der Waals surface area contributed by atoms with Crippen molar-refractivity contribution >= 4 is 35.6 Å². The van der Waals surface area contributed by atoms with E-state index in [1.165, 1.54) is 16.9 Å². The minimum atomic E-state index is -0.837. The summed E-state index contributed by atoms with van der Waals surface area (Å²) in [5.74, 6) is -0.694. The summed E-state index contributed by atoms with van der Waals surface area (Å²) in [4.78, 5) is 11.3. The largest absolute Gasteiger partial charge is 0.493 e. The Kier molecular flexibility index (Phi) is 5.33. The lowest BCUT2D eigenvalue weighted by Gasteiger charge is -2.14. The second kappa shape index (κ2) is 7.01. The number of aromatic nitrogens is 1. The van der Waals surface area contributed by atoms with Gasteiger partial charge < -0.3 is 14.9 Å². The van der Waals surface area contributed by atoms with Gasteiger partial charge in [0.05, 0.1) is 18.1 Å². The fourth-order valence-electron chi connectivity index (χ4n) is 2.06. The quantitative estimate of drug-likeness (QED) is 0.817. The Labute approximate surface area is 126 Å². The average Bonchev–Trinajstić information content (AvgIpc) is 2.67. The van der Waals surface area contributed by atoms with Crippen molar-refractivity contribution in [3.8, 4) is 5.88 Å². The smallest absolute Gasteiger partial charge is 0.303 e. The first-order chi connectivity index (χ1) is 9.58. The molecule has 20 heavy (non-hydrogen) atoms. The zero-order valence-corrected chi connectivity index (χ0v) is 12.6. The van der Waals surface area contributed by atoms with Crippen LogP contribution in [0.5, 0.6) is 5.88 Å². The molecule has 1 saturated heterocycles. The van der Waals surface area contributed by atoms with Crippen LogP contribution in [0.15, 0.2) is 5.57 Å². The van der Waals surface area contributed by atoms with Gasteiger partial charge in [-0.25, -0.2) is 0 Å². The number of hydrogen-bond donors (Lipinski definition) is 2. The highest BCUT2D eigenvalue weighted by molar-refractivity contribution is 7.73. The molecule has 0 spiro atoms. The van der Waals surface area contributed by atoms with E-state index in [0.717, 1.165) is 30.9 Å². The minimum absolute atomic E-state index is 0.0742. The van der Waals surface area contributed by atoms with Gasteiger partial charge >= 0.3 is 5.97 Å². The molecule has 0 atom stereocenters. The molecule has 7 heteroatoms. The van der Waals surface area contributed by atoms with Crippen molar-refractivity contribution in [3.05, 3.63) is 14.4 Å². The van der Waals surface area contributed by atoms with E-state index in [9.17, 15) is 9.90 Å². The molecule has 5 nitrogen and oxygen atoms in total. The summed E-state index contributed by atoms with van der Waals surface area (Å²) < 4.78 is 7.47. The number of carboxylic acids is 1. The van der Waals surface area contributed by atoms with Crippen molar-refractivity contribution in [1.82, 2.24) is 4.57 Å². The lowest BCUT2D eigenvalue weighted by atomic mass is 10.1. The maximum atomic E-state index is 10.5. The summed E-state index contributed by atoms with van der Waals surface area (Å²) >= 11 is 6.58. The first-order valence-corrected chi connectivity index (χ1v) is 7.72. The van der Waals surface area contributed by atoms with Gasteiger partial charge in [0.15, 0.2) is 3.95 Å². The van der Waals surface area contributed by atoms with E-state index in [4.69, 9.17) is 22.1 Å². The Morgan fingerprint density at radius 3 is 2.80 bits per heavy atom. The Balaban J connectivity index is 2.11. The molecule has 1 aliphatic rings. The molecule has 0 unspecified atom stereocenters. The number of ether oxygens (including phenoxy) is 1. The maximum Gasteiger partial charge on any atom is 0.303 e. The number of aromatic hydroxyl groups is 1. The van der Waals surface area contributed by atoms with Crippen molar-refractivity contribution < 1.29 is 19.7 Å². The van der Waals surface area contributed by atoms with Crippen LogP contribution in [0.25, 0.3) is 6.08 Å². The summed E-state index contributed by atoms with van der Waals surface area (Å²) in [7, 11) is 0. The SMILES string of the molecule is O=C(O)CCCn1c(O)c(C=C2CCOCC2)sc1=S. The van der Waals surface area contributed by atoms with Crippen molar-refractivity contribution in [1.29, 1.82) is 0 Å². The number of rotatable bonds is 5. The van der Waals surface area contributed by atoms with Crippen molar-refractivity contribution in [2.75, 3.05) is 13.2 Å². The first-order valence-electron chi connectivity index (χ1n) is 6.49. The molecule has 0 saturated carbocycles. The Morgan fingerprint density at radius 1 is 1.45 bits per heavy atom. The van der Waals surface area contributed by atoms with Gasteiger partial charge in [0.1, 0.15) is 0 Å². The Bertz CT molecular complexity index is 565. The number of hydrogen-bond acceptors (Lipinski definition) is 5. The van der Waals surface area contributed by atoms with Crippen LogP contribution in [0.4, 0.5) is 0 Å². The molecule has 0 radical (unpaired) electrons. The third-order valence-electron chi connectivity index (χ3n) is 3.14. The van der Waals surface area contributed by atoms with Gasteiger partial charge in [-0.3, -0.25) is 9.36 Å². The number of thiazole rings is 1. The summed E-state index contributed by atoms with van der Waals surface area (Å²) in [6.07, 6.45) is 4.26. The van der Waals surface area contributed by atoms with Crippen molar-refractivity contribution in [2.24, 2.45) is 0 Å².